The monoisotopic (exact) mass is 293 g/mol. The molecule has 21 heavy (non-hydrogen) atoms. The molecule has 0 bridgehead atoms. The van der Waals surface area contributed by atoms with Crippen LogP contribution in [0.4, 0.5) is 16.2 Å². The van der Waals surface area contributed by atoms with Crippen LogP contribution in [0.1, 0.15) is 20.3 Å². The molecule has 0 aromatic heterocycles. The summed E-state index contributed by atoms with van der Waals surface area (Å²) < 4.78 is 0. The molecule has 1 atom stereocenters. The van der Waals surface area contributed by atoms with Crippen molar-refractivity contribution in [2.24, 2.45) is 5.41 Å². The molecule has 3 N–H and O–H groups in total. The second-order valence-corrected chi connectivity index (χ2v) is 5.47. The van der Waals surface area contributed by atoms with E-state index in [9.17, 15) is 9.59 Å². The molecule has 0 radical (unpaired) electrons. The molecule has 1 rings (SSSR count). The van der Waals surface area contributed by atoms with Crippen molar-refractivity contribution in [3.05, 3.63) is 24.3 Å². The van der Waals surface area contributed by atoms with E-state index < -0.39 is 17.4 Å². The summed E-state index contributed by atoms with van der Waals surface area (Å²) in [5, 5.41) is 14.4. The number of carboxylic acids is 1. The Morgan fingerprint density at radius 1 is 1.24 bits per heavy atom. The van der Waals surface area contributed by atoms with Gasteiger partial charge in [-0.2, -0.15) is 0 Å². The average Bonchev–Trinajstić information content (AvgIpc) is 2.45. The predicted molar refractivity (Wildman–Crippen MR) is 83.8 cm³/mol. The van der Waals surface area contributed by atoms with Crippen LogP contribution in [0.15, 0.2) is 24.3 Å². The number of anilines is 2. The zero-order valence-corrected chi connectivity index (χ0v) is 12.9. The highest BCUT2D eigenvalue weighted by Crippen LogP contribution is 2.20. The molecule has 0 aliphatic rings. The lowest BCUT2D eigenvalue weighted by Crippen LogP contribution is -2.42. The maximum atomic E-state index is 11.8. The molecule has 0 saturated carbocycles. The number of aliphatic carboxylic acids is 1. The van der Waals surface area contributed by atoms with E-state index in [2.05, 4.69) is 10.6 Å². The van der Waals surface area contributed by atoms with Crippen LogP contribution in [0, 0.1) is 5.41 Å². The normalized spacial score (nSPS) is 13.1. The molecule has 0 aliphatic heterocycles. The molecule has 2 amide bonds. The Hall–Kier alpha value is -2.24. The molecule has 6 heteroatoms. The molecule has 0 saturated heterocycles. The van der Waals surface area contributed by atoms with Gasteiger partial charge in [-0.25, -0.2) is 4.79 Å². The standard InChI is InChI=1S/C15H23N3O3/c1-5-15(2,13(19)20)10-16-14(21)17-11-6-8-12(9-7-11)18(3)4/h6-9H,5,10H2,1-4H3,(H,19,20)(H2,16,17,21). The van der Waals surface area contributed by atoms with E-state index in [1.807, 2.05) is 31.1 Å². The van der Waals surface area contributed by atoms with Crippen molar-refractivity contribution >= 4 is 23.4 Å². The lowest BCUT2D eigenvalue weighted by Gasteiger charge is -2.23. The highest BCUT2D eigenvalue weighted by Gasteiger charge is 2.31. The number of rotatable bonds is 6. The number of nitrogens with one attached hydrogen (secondary N) is 2. The molecular weight excluding hydrogens is 270 g/mol. The Bertz CT molecular complexity index is 499. The summed E-state index contributed by atoms with van der Waals surface area (Å²) in [6.07, 6.45) is 0.445. The maximum absolute atomic E-state index is 11.8. The first-order valence-corrected chi connectivity index (χ1v) is 6.84. The Labute approximate surface area is 125 Å². The van der Waals surface area contributed by atoms with Crippen molar-refractivity contribution in [2.45, 2.75) is 20.3 Å². The summed E-state index contributed by atoms with van der Waals surface area (Å²) in [4.78, 5) is 24.9. The number of carbonyl (C=O) groups is 2. The van der Waals surface area contributed by atoms with Gasteiger partial charge in [-0.1, -0.05) is 6.92 Å². The molecule has 1 aromatic rings. The molecule has 1 unspecified atom stereocenters. The number of hydrogen-bond acceptors (Lipinski definition) is 3. The fourth-order valence-corrected chi connectivity index (χ4v) is 1.65. The third-order valence-electron chi connectivity index (χ3n) is 3.58. The van der Waals surface area contributed by atoms with Gasteiger partial charge in [-0.05, 0) is 37.6 Å². The van der Waals surface area contributed by atoms with Gasteiger partial charge in [0.1, 0.15) is 0 Å². The van der Waals surface area contributed by atoms with Crippen LogP contribution in [-0.2, 0) is 4.79 Å². The third kappa shape index (κ3) is 4.66. The molecule has 0 heterocycles. The van der Waals surface area contributed by atoms with E-state index in [0.29, 0.717) is 12.1 Å². The van der Waals surface area contributed by atoms with E-state index in [1.165, 1.54) is 0 Å². The van der Waals surface area contributed by atoms with Gasteiger partial charge >= 0.3 is 12.0 Å². The van der Waals surface area contributed by atoms with Gasteiger partial charge in [-0.15, -0.1) is 0 Å². The fourth-order valence-electron chi connectivity index (χ4n) is 1.65. The largest absolute Gasteiger partial charge is 0.481 e. The molecule has 0 aliphatic carbocycles. The first-order chi connectivity index (χ1) is 9.78. The van der Waals surface area contributed by atoms with Crippen molar-refractivity contribution in [3.8, 4) is 0 Å². The minimum Gasteiger partial charge on any atom is -0.481 e. The van der Waals surface area contributed by atoms with E-state index in [0.717, 1.165) is 5.69 Å². The quantitative estimate of drug-likeness (QED) is 0.752. The van der Waals surface area contributed by atoms with Crippen molar-refractivity contribution in [1.82, 2.24) is 5.32 Å². The van der Waals surface area contributed by atoms with Crippen LogP contribution < -0.4 is 15.5 Å². The highest BCUT2D eigenvalue weighted by molar-refractivity contribution is 5.90. The Kier molecular flexibility index (Phi) is 5.58. The van der Waals surface area contributed by atoms with Crippen LogP contribution in [-0.4, -0.2) is 37.7 Å². The van der Waals surface area contributed by atoms with E-state index >= 15 is 0 Å². The van der Waals surface area contributed by atoms with Crippen molar-refractivity contribution in [2.75, 3.05) is 30.9 Å². The summed E-state index contributed by atoms with van der Waals surface area (Å²) >= 11 is 0. The number of benzene rings is 1. The van der Waals surface area contributed by atoms with E-state index in [4.69, 9.17) is 5.11 Å². The summed E-state index contributed by atoms with van der Waals surface area (Å²) in [6, 6.07) is 6.97. The summed E-state index contributed by atoms with van der Waals surface area (Å²) in [5.74, 6) is -0.916. The first kappa shape index (κ1) is 16.8. The number of amides is 2. The topological polar surface area (TPSA) is 81.7 Å². The van der Waals surface area contributed by atoms with Crippen LogP contribution in [0.2, 0.25) is 0 Å². The zero-order chi connectivity index (χ0) is 16.0. The van der Waals surface area contributed by atoms with E-state index in [1.54, 1.807) is 26.0 Å². The smallest absolute Gasteiger partial charge is 0.319 e. The number of urea groups is 1. The minimum absolute atomic E-state index is 0.0838. The van der Waals surface area contributed by atoms with Gasteiger partial charge < -0.3 is 20.6 Å². The zero-order valence-electron chi connectivity index (χ0n) is 12.9. The minimum atomic E-state index is -0.952. The lowest BCUT2D eigenvalue weighted by atomic mass is 9.88. The van der Waals surface area contributed by atoms with Crippen LogP contribution >= 0.6 is 0 Å². The second kappa shape index (κ2) is 6.97. The van der Waals surface area contributed by atoms with Crippen molar-refractivity contribution in [1.29, 1.82) is 0 Å². The second-order valence-electron chi connectivity index (χ2n) is 5.47. The van der Waals surface area contributed by atoms with Gasteiger partial charge in [-0.3, -0.25) is 4.79 Å². The molecule has 116 valence electrons. The van der Waals surface area contributed by atoms with Crippen molar-refractivity contribution in [3.63, 3.8) is 0 Å². The number of carboxylic acid groups (broad SMARTS) is 1. The SMILES string of the molecule is CCC(C)(CNC(=O)Nc1ccc(N(C)C)cc1)C(=O)O. The number of nitrogens with zero attached hydrogens (tertiary/aromatic N) is 1. The summed E-state index contributed by atoms with van der Waals surface area (Å²) in [7, 11) is 3.87. The molecule has 0 spiro atoms. The Morgan fingerprint density at radius 2 is 1.81 bits per heavy atom. The highest BCUT2D eigenvalue weighted by atomic mass is 16.4. The van der Waals surface area contributed by atoms with E-state index in [-0.39, 0.29) is 6.54 Å². The fraction of sp³-hybridized carbons (Fsp3) is 0.467. The van der Waals surface area contributed by atoms with Gasteiger partial charge in [0, 0.05) is 32.0 Å². The third-order valence-corrected chi connectivity index (χ3v) is 3.58. The van der Waals surface area contributed by atoms with Gasteiger partial charge in [0.15, 0.2) is 0 Å². The van der Waals surface area contributed by atoms with Crippen molar-refractivity contribution < 1.29 is 14.7 Å². The van der Waals surface area contributed by atoms with Crippen LogP contribution in [0.3, 0.4) is 0 Å². The number of carbonyl (C=O) groups excluding carboxylic acids is 1. The Morgan fingerprint density at radius 3 is 2.24 bits per heavy atom. The summed E-state index contributed by atoms with van der Waals surface area (Å²) in [5.41, 5.74) is 0.739. The maximum Gasteiger partial charge on any atom is 0.319 e. The molecule has 0 fully saturated rings. The predicted octanol–water partition coefficient (Wildman–Crippen LogP) is 2.38. The van der Waals surface area contributed by atoms with Crippen LogP contribution in [0.5, 0.6) is 0 Å². The molecular formula is C15H23N3O3. The van der Waals surface area contributed by atoms with Gasteiger partial charge in [0.25, 0.3) is 0 Å². The average molecular weight is 293 g/mol. The molecule has 1 aromatic carbocycles. The number of hydrogen-bond donors (Lipinski definition) is 3. The Balaban J connectivity index is 2.56. The van der Waals surface area contributed by atoms with Gasteiger partial charge in [0.05, 0.1) is 5.41 Å². The lowest BCUT2D eigenvalue weighted by molar-refractivity contribution is -0.147. The van der Waals surface area contributed by atoms with Crippen LogP contribution in [0.25, 0.3) is 0 Å². The molecule has 6 nitrogen and oxygen atoms in total. The first-order valence-electron chi connectivity index (χ1n) is 6.84. The van der Waals surface area contributed by atoms with Gasteiger partial charge in [0.2, 0.25) is 0 Å². The summed E-state index contributed by atoms with van der Waals surface area (Å²) in [6.45, 7) is 3.48.